The van der Waals surface area contributed by atoms with Gasteiger partial charge in [0, 0.05) is 32.4 Å². The fourth-order valence-electron chi connectivity index (χ4n) is 3.96. The molecule has 0 saturated carbocycles. The first-order chi connectivity index (χ1) is 13.4. The zero-order valence-electron chi connectivity index (χ0n) is 16.3. The number of carbonyl (C=O) groups is 2. The van der Waals surface area contributed by atoms with Crippen LogP contribution in [0.5, 0.6) is 0 Å². The van der Waals surface area contributed by atoms with Gasteiger partial charge in [0.1, 0.15) is 17.2 Å². The van der Waals surface area contributed by atoms with Crippen molar-refractivity contribution in [3.05, 3.63) is 59.4 Å². The standard InChI is InChI=1S/C21H24N4O3/c1-13-5-4-8-25-16(10-22-21(13)25)9-20(27)24-11-17(18(12-24)23-15(3)26)19-7-6-14(2)28-19/h4-8,10,17-18H,9,11-12H2,1-3H3,(H,23,26). The molecule has 1 aliphatic rings. The number of hydrogen-bond donors (Lipinski definition) is 1. The zero-order chi connectivity index (χ0) is 19.8. The lowest BCUT2D eigenvalue weighted by atomic mass is 10.0. The van der Waals surface area contributed by atoms with Crippen LogP contribution < -0.4 is 5.32 Å². The second-order valence-corrected chi connectivity index (χ2v) is 7.47. The number of carbonyl (C=O) groups excluding carboxylic acids is 2. The summed E-state index contributed by atoms with van der Waals surface area (Å²) in [4.78, 5) is 30.9. The molecule has 1 saturated heterocycles. The molecule has 2 atom stereocenters. The van der Waals surface area contributed by atoms with E-state index < -0.39 is 0 Å². The molecule has 1 N–H and O–H groups in total. The summed E-state index contributed by atoms with van der Waals surface area (Å²) in [7, 11) is 0. The molecule has 4 heterocycles. The van der Waals surface area contributed by atoms with Gasteiger partial charge in [0.05, 0.1) is 24.1 Å². The second kappa shape index (κ2) is 7.14. The molecule has 2 unspecified atom stereocenters. The summed E-state index contributed by atoms with van der Waals surface area (Å²) in [5.41, 5.74) is 2.80. The van der Waals surface area contributed by atoms with E-state index in [-0.39, 0.29) is 30.2 Å². The molecular formula is C21H24N4O3. The number of aryl methyl sites for hydroxylation is 2. The molecule has 4 rings (SSSR count). The van der Waals surface area contributed by atoms with E-state index in [1.165, 1.54) is 6.92 Å². The van der Waals surface area contributed by atoms with Gasteiger partial charge in [0.25, 0.3) is 0 Å². The largest absolute Gasteiger partial charge is 0.466 e. The minimum absolute atomic E-state index is 0.0180. The molecule has 0 aromatic carbocycles. The third kappa shape index (κ3) is 3.40. The number of nitrogens with one attached hydrogen (secondary N) is 1. The molecule has 1 fully saturated rings. The molecule has 146 valence electrons. The van der Waals surface area contributed by atoms with Crippen molar-refractivity contribution in [1.29, 1.82) is 0 Å². The van der Waals surface area contributed by atoms with Crippen molar-refractivity contribution >= 4 is 17.5 Å². The number of hydrogen-bond acceptors (Lipinski definition) is 4. The summed E-state index contributed by atoms with van der Waals surface area (Å²) in [5, 5.41) is 2.97. The summed E-state index contributed by atoms with van der Waals surface area (Å²) in [5.74, 6) is 1.49. The molecule has 3 aromatic rings. The van der Waals surface area contributed by atoms with E-state index in [1.807, 2.05) is 48.7 Å². The average molecular weight is 380 g/mol. The van der Waals surface area contributed by atoms with E-state index in [1.54, 1.807) is 11.1 Å². The number of rotatable bonds is 4. The number of likely N-dealkylation sites (tertiary alicyclic amines) is 1. The lowest BCUT2D eigenvalue weighted by Gasteiger charge is -2.17. The Morgan fingerprint density at radius 3 is 2.79 bits per heavy atom. The summed E-state index contributed by atoms with van der Waals surface area (Å²) in [6.45, 7) is 6.38. The van der Waals surface area contributed by atoms with E-state index in [0.717, 1.165) is 28.4 Å². The van der Waals surface area contributed by atoms with Gasteiger partial charge in [-0.2, -0.15) is 0 Å². The molecule has 7 nitrogen and oxygen atoms in total. The number of nitrogens with zero attached hydrogens (tertiary/aromatic N) is 3. The summed E-state index contributed by atoms with van der Waals surface area (Å²) >= 11 is 0. The topological polar surface area (TPSA) is 79.9 Å². The van der Waals surface area contributed by atoms with Crippen LogP contribution in [0.25, 0.3) is 5.65 Å². The Balaban J connectivity index is 1.54. The van der Waals surface area contributed by atoms with Crippen molar-refractivity contribution in [2.45, 2.75) is 39.2 Å². The van der Waals surface area contributed by atoms with Gasteiger partial charge in [-0.3, -0.25) is 9.59 Å². The molecule has 3 aromatic heterocycles. The highest BCUT2D eigenvalue weighted by Gasteiger charge is 2.38. The first-order valence-electron chi connectivity index (χ1n) is 9.45. The van der Waals surface area contributed by atoms with Crippen molar-refractivity contribution in [1.82, 2.24) is 19.6 Å². The number of imidazole rings is 1. The Hall–Kier alpha value is -3.09. The summed E-state index contributed by atoms with van der Waals surface area (Å²) in [6, 6.07) is 7.64. The first kappa shape index (κ1) is 18.3. The summed E-state index contributed by atoms with van der Waals surface area (Å²) < 4.78 is 7.74. The number of amides is 2. The number of furan rings is 1. The van der Waals surface area contributed by atoms with Gasteiger partial charge in [-0.25, -0.2) is 4.98 Å². The van der Waals surface area contributed by atoms with Crippen molar-refractivity contribution in [2.75, 3.05) is 13.1 Å². The highest BCUT2D eigenvalue weighted by molar-refractivity contribution is 5.80. The third-order valence-corrected chi connectivity index (χ3v) is 5.33. The smallest absolute Gasteiger partial charge is 0.228 e. The maximum atomic E-state index is 13.0. The van der Waals surface area contributed by atoms with Crippen LogP contribution in [-0.4, -0.2) is 45.2 Å². The first-order valence-corrected chi connectivity index (χ1v) is 9.45. The van der Waals surface area contributed by atoms with Gasteiger partial charge < -0.3 is 19.0 Å². The predicted molar refractivity (Wildman–Crippen MR) is 104 cm³/mol. The van der Waals surface area contributed by atoms with Gasteiger partial charge in [-0.1, -0.05) is 6.07 Å². The van der Waals surface area contributed by atoms with E-state index in [2.05, 4.69) is 10.3 Å². The Morgan fingerprint density at radius 1 is 1.25 bits per heavy atom. The van der Waals surface area contributed by atoms with Crippen molar-refractivity contribution in [2.24, 2.45) is 0 Å². The normalized spacial score (nSPS) is 19.3. The predicted octanol–water partition coefficient (Wildman–Crippen LogP) is 2.22. The molecular weight excluding hydrogens is 356 g/mol. The molecule has 28 heavy (non-hydrogen) atoms. The van der Waals surface area contributed by atoms with Crippen molar-refractivity contribution in [3.63, 3.8) is 0 Å². The van der Waals surface area contributed by atoms with Crippen LogP contribution in [0.15, 0.2) is 41.1 Å². The van der Waals surface area contributed by atoms with Crippen LogP contribution in [0, 0.1) is 13.8 Å². The quantitative estimate of drug-likeness (QED) is 0.753. The second-order valence-electron chi connectivity index (χ2n) is 7.47. The summed E-state index contributed by atoms with van der Waals surface area (Å²) in [6.07, 6.45) is 3.95. The van der Waals surface area contributed by atoms with Crippen LogP contribution in [0.1, 0.15) is 35.6 Å². The van der Waals surface area contributed by atoms with E-state index in [0.29, 0.717) is 13.1 Å². The SMILES string of the molecule is CC(=O)NC1CN(C(=O)Cc2cnc3c(C)cccn23)CC1c1ccc(C)o1. The molecule has 1 aliphatic heterocycles. The van der Waals surface area contributed by atoms with Gasteiger partial charge in [0.15, 0.2) is 0 Å². The molecule has 0 bridgehead atoms. The van der Waals surface area contributed by atoms with Gasteiger partial charge >= 0.3 is 0 Å². The Labute approximate surface area is 163 Å². The van der Waals surface area contributed by atoms with Crippen LogP contribution in [0.4, 0.5) is 0 Å². The maximum Gasteiger partial charge on any atom is 0.228 e. The number of pyridine rings is 1. The van der Waals surface area contributed by atoms with E-state index >= 15 is 0 Å². The van der Waals surface area contributed by atoms with Crippen molar-refractivity contribution in [3.8, 4) is 0 Å². The highest BCUT2D eigenvalue weighted by Crippen LogP contribution is 2.29. The molecule has 0 aliphatic carbocycles. The minimum Gasteiger partial charge on any atom is -0.466 e. The van der Waals surface area contributed by atoms with E-state index in [4.69, 9.17) is 4.42 Å². The van der Waals surface area contributed by atoms with Crippen LogP contribution in [0.2, 0.25) is 0 Å². The van der Waals surface area contributed by atoms with Crippen LogP contribution in [0.3, 0.4) is 0 Å². The maximum absolute atomic E-state index is 13.0. The lowest BCUT2D eigenvalue weighted by Crippen LogP contribution is -2.39. The Bertz CT molecular complexity index is 1040. The fraction of sp³-hybridized carbons (Fsp3) is 0.381. The monoisotopic (exact) mass is 380 g/mol. The average Bonchev–Trinajstić information content (AvgIpc) is 3.34. The molecule has 7 heteroatoms. The van der Waals surface area contributed by atoms with Gasteiger partial charge in [-0.05, 0) is 37.6 Å². The highest BCUT2D eigenvalue weighted by atomic mass is 16.3. The lowest BCUT2D eigenvalue weighted by molar-refractivity contribution is -0.130. The van der Waals surface area contributed by atoms with Gasteiger partial charge in [0.2, 0.25) is 11.8 Å². The molecule has 0 spiro atoms. The zero-order valence-corrected chi connectivity index (χ0v) is 16.3. The minimum atomic E-state index is -0.156. The Kier molecular flexibility index (Phi) is 4.66. The molecule has 2 amide bonds. The number of fused-ring (bicyclic) bond motifs is 1. The fourth-order valence-corrected chi connectivity index (χ4v) is 3.96. The number of aromatic nitrogens is 2. The Morgan fingerprint density at radius 2 is 2.07 bits per heavy atom. The van der Waals surface area contributed by atoms with Crippen molar-refractivity contribution < 1.29 is 14.0 Å². The van der Waals surface area contributed by atoms with Crippen LogP contribution >= 0.6 is 0 Å². The van der Waals surface area contributed by atoms with Gasteiger partial charge in [-0.15, -0.1) is 0 Å². The van der Waals surface area contributed by atoms with E-state index in [9.17, 15) is 9.59 Å². The molecule has 0 radical (unpaired) electrons. The third-order valence-electron chi connectivity index (χ3n) is 5.33. The van der Waals surface area contributed by atoms with Crippen LogP contribution in [-0.2, 0) is 16.0 Å².